The molecule has 4 heteroatoms. The summed E-state index contributed by atoms with van der Waals surface area (Å²) < 4.78 is 2.03. The van der Waals surface area contributed by atoms with Crippen LogP contribution in [0.4, 0.5) is 5.82 Å². The Balaban J connectivity index is 1.41. The lowest BCUT2D eigenvalue weighted by molar-refractivity contribution is -0.116. The van der Waals surface area contributed by atoms with Crippen molar-refractivity contribution in [2.24, 2.45) is 0 Å². The van der Waals surface area contributed by atoms with Gasteiger partial charge in [0.25, 0.3) is 0 Å². The molecule has 0 saturated heterocycles. The van der Waals surface area contributed by atoms with E-state index in [1.807, 2.05) is 10.7 Å². The second-order valence-corrected chi connectivity index (χ2v) is 7.14. The minimum Gasteiger partial charge on any atom is -0.311 e. The van der Waals surface area contributed by atoms with Crippen LogP contribution in [0.5, 0.6) is 0 Å². The number of carbonyl (C=O) groups excluding carboxylic acids is 1. The summed E-state index contributed by atoms with van der Waals surface area (Å²) in [6.45, 7) is 0. The molecule has 1 fully saturated rings. The van der Waals surface area contributed by atoms with E-state index < -0.39 is 0 Å². The molecule has 1 saturated carbocycles. The van der Waals surface area contributed by atoms with Crippen LogP contribution in [-0.2, 0) is 11.2 Å². The molecule has 2 aromatic rings. The Labute approximate surface area is 143 Å². The molecule has 4 nitrogen and oxygen atoms in total. The third-order valence-corrected chi connectivity index (χ3v) is 5.55. The van der Waals surface area contributed by atoms with E-state index in [1.54, 1.807) is 6.20 Å². The fraction of sp³-hybridized carbons (Fsp3) is 0.500. The Hall–Kier alpha value is -2.10. The van der Waals surface area contributed by atoms with E-state index in [9.17, 15) is 4.79 Å². The number of nitrogens with one attached hydrogen (secondary N) is 1. The molecular weight excluding hydrogens is 298 g/mol. The monoisotopic (exact) mass is 323 g/mol. The van der Waals surface area contributed by atoms with E-state index in [0.717, 1.165) is 18.7 Å². The molecule has 0 bridgehead atoms. The fourth-order valence-electron chi connectivity index (χ4n) is 4.30. The van der Waals surface area contributed by atoms with E-state index in [0.29, 0.717) is 18.4 Å². The van der Waals surface area contributed by atoms with Gasteiger partial charge in [0, 0.05) is 12.5 Å². The number of nitrogens with zero attached hydrogens (tertiary/aromatic N) is 2. The molecule has 2 aliphatic rings. The number of hydrogen-bond donors (Lipinski definition) is 1. The molecule has 1 atom stereocenters. The van der Waals surface area contributed by atoms with Gasteiger partial charge in [-0.15, -0.1) is 0 Å². The summed E-state index contributed by atoms with van der Waals surface area (Å²) >= 11 is 0. The van der Waals surface area contributed by atoms with Crippen molar-refractivity contribution in [1.82, 2.24) is 9.78 Å². The van der Waals surface area contributed by atoms with Gasteiger partial charge in [0.05, 0.1) is 12.2 Å². The molecule has 1 N–H and O–H groups in total. The number of aryl methyl sites for hydroxylation is 1. The predicted molar refractivity (Wildman–Crippen MR) is 95.1 cm³/mol. The summed E-state index contributed by atoms with van der Waals surface area (Å²) in [6, 6.07) is 10.9. The highest BCUT2D eigenvalue weighted by atomic mass is 16.1. The van der Waals surface area contributed by atoms with Crippen LogP contribution in [0, 0.1) is 0 Å². The Kier molecular flexibility index (Phi) is 4.37. The SMILES string of the molecule is O=C(CC1CCc2ccccc21)Nc1ccnn1C1CCCCC1. The average Bonchev–Trinajstić information content (AvgIpc) is 3.23. The van der Waals surface area contributed by atoms with Gasteiger partial charge in [-0.1, -0.05) is 43.5 Å². The molecule has 1 heterocycles. The van der Waals surface area contributed by atoms with Crippen molar-refractivity contribution in [2.45, 2.75) is 63.3 Å². The van der Waals surface area contributed by atoms with Gasteiger partial charge < -0.3 is 5.32 Å². The molecule has 126 valence electrons. The molecule has 0 spiro atoms. The third-order valence-electron chi connectivity index (χ3n) is 5.55. The molecule has 1 unspecified atom stereocenters. The maximum absolute atomic E-state index is 12.6. The molecule has 1 aromatic carbocycles. The van der Waals surface area contributed by atoms with Crippen molar-refractivity contribution >= 4 is 11.7 Å². The van der Waals surface area contributed by atoms with Crippen LogP contribution in [0.3, 0.4) is 0 Å². The van der Waals surface area contributed by atoms with Crippen LogP contribution in [-0.4, -0.2) is 15.7 Å². The number of fused-ring (bicyclic) bond motifs is 1. The number of aromatic nitrogens is 2. The summed E-state index contributed by atoms with van der Waals surface area (Å²) in [5.41, 5.74) is 2.76. The van der Waals surface area contributed by atoms with Crippen LogP contribution < -0.4 is 5.32 Å². The zero-order chi connectivity index (χ0) is 16.4. The normalized spacial score (nSPS) is 20.8. The highest BCUT2D eigenvalue weighted by molar-refractivity contribution is 5.90. The highest BCUT2D eigenvalue weighted by Gasteiger charge is 2.25. The van der Waals surface area contributed by atoms with Crippen LogP contribution >= 0.6 is 0 Å². The molecular formula is C20H25N3O. The van der Waals surface area contributed by atoms with Crippen LogP contribution in [0.1, 0.15) is 68.0 Å². The van der Waals surface area contributed by atoms with Crippen molar-refractivity contribution in [1.29, 1.82) is 0 Å². The minimum absolute atomic E-state index is 0.106. The quantitative estimate of drug-likeness (QED) is 0.903. The van der Waals surface area contributed by atoms with Crippen molar-refractivity contribution < 1.29 is 4.79 Å². The lowest BCUT2D eigenvalue weighted by Crippen LogP contribution is -2.21. The van der Waals surface area contributed by atoms with Gasteiger partial charge in [0.2, 0.25) is 5.91 Å². The zero-order valence-electron chi connectivity index (χ0n) is 14.1. The molecule has 0 aliphatic heterocycles. The van der Waals surface area contributed by atoms with Crippen molar-refractivity contribution in [3.05, 3.63) is 47.7 Å². The van der Waals surface area contributed by atoms with Gasteiger partial charge in [0.1, 0.15) is 5.82 Å². The molecule has 1 aromatic heterocycles. The zero-order valence-corrected chi connectivity index (χ0v) is 14.1. The van der Waals surface area contributed by atoms with E-state index in [4.69, 9.17) is 0 Å². The standard InChI is InChI=1S/C20H25N3O/c24-20(14-16-11-10-15-6-4-5-9-18(15)16)22-19-12-13-21-23(19)17-7-2-1-3-8-17/h4-6,9,12-13,16-17H,1-3,7-8,10-11,14H2,(H,22,24). The Morgan fingerprint density at radius 1 is 1.12 bits per heavy atom. The average molecular weight is 323 g/mol. The van der Waals surface area contributed by atoms with Crippen LogP contribution in [0.2, 0.25) is 0 Å². The van der Waals surface area contributed by atoms with Gasteiger partial charge in [-0.05, 0) is 42.7 Å². The first-order chi connectivity index (χ1) is 11.8. The molecule has 4 rings (SSSR count). The Bertz CT molecular complexity index is 715. The lowest BCUT2D eigenvalue weighted by atomic mass is 9.95. The van der Waals surface area contributed by atoms with Crippen LogP contribution in [0.25, 0.3) is 0 Å². The first-order valence-electron chi connectivity index (χ1n) is 9.22. The molecule has 2 aliphatic carbocycles. The second-order valence-electron chi connectivity index (χ2n) is 7.14. The molecule has 1 amide bonds. The summed E-state index contributed by atoms with van der Waals surface area (Å²) in [7, 11) is 0. The van der Waals surface area contributed by atoms with Gasteiger partial charge in [-0.25, -0.2) is 4.68 Å². The summed E-state index contributed by atoms with van der Waals surface area (Å²) in [4.78, 5) is 12.6. The summed E-state index contributed by atoms with van der Waals surface area (Å²) in [5, 5.41) is 7.57. The number of rotatable bonds is 4. The van der Waals surface area contributed by atoms with Crippen molar-refractivity contribution in [2.75, 3.05) is 5.32 Å². The van der Waals surface area contributed by atoms with Gasteiger partial charge >= 0.3 is 0 Å². The van der Waals surface area contributed by atoms with Crippen molar-refractivity contribution in [3.63, 3.8) is 0 Å². The summed E-state index contributed by atoms with van der Waals surface area (Å²) in [5.74, 6) is 1.32. The van der Waals surface area contributed by atoms with E-state index in [2.05, 4.69) is 34.7 Å². The molecule has 24 heavy (non-hydrogen) atoms. The van der Waals surface area contributed by atoms with Gasteiger partial charge in [0.15, 0.2) is 0 Å². The largest absolute Gasteiger partial charge is 0.311 e. The fourth-order valence-corrected chi connectivity index (χ4v) is 4.30. The number of anilines is 1. The van der Waals surface area contributed by atoms with Crippen molar-refractivity contribution in [3.8, 4) is 0 Å². The maximum atomic E-state index is 12.6. The summed E-state index contributed by atoms with van der Waals surface area (Å²) in [6.07, 6.45) is 10.7. The predicted octanol–water partition coefficient (Wildman–Crippen LogP) is 4.45. The topological polar surface area (TPSA) is 46.9 Å². The lowest BCUT2D eigenvalue weighted by Gasteiger charge is -2.24. The highest BCUT2D eigenvalue weighted by Crippen LogP contribution is 2.35. The van der Waals surface area contributed by atoms with Gasteiger partial charge in [-0.2, -0.15) is 5.10 Å². The number of amides is 1. The number of hydrogen-bond acceptors (Lipinski definition) is 2. The Morgan fingerprint density at radius 3 is 2.83 bits per heavy atom. The van der Waals surface area contributed by atoms with Gasteiger partial charge in [-0.3, -0.25) is 4.79 Å². The Morgan fingerprint density at radius 2 is 1.96 bits per heavy atom. The minimum atomic E-state index is 0.106. The maximum Gasteiger partial charge on any atom is 0.226 e. The molecule has 0 radical (unpaired) electrons. The first kappa shape index (κ1) is 15.4. The smallest absolute Gasteiger partial charge is 0.226 e. The van der Waals surface area contributed by atoms with E-state index in [1.165, 1.54) is 43.2 Å². The van der Waals surface area contributed by atoms with Crippen LogP contribution in [0.15, 0.2) is 36.5 Å². The van der Waals surface area contributed by atoms with E-state index >= 15 is 0 Å². The van der Waals surface area contributed by atoms with E-state index in [-0.39, 0.29) is 5.91 Å². The number of carbonyl (C=O) groups is 1. The third kappa shape index (κ3) is 3.10. The number of benzene rings is 1. The second kappa shape index (κ2) is 6.80. The first-order valence-corrected chi connectivity index (χ1v) is 9.22.